The van der Waals surface area contributed by atoms with Crippen LogP contribution in [0, 0.1) is 6.92 Å². The van der Waals surface area contributed by atoms with Crippen molar-refractivity contribution < 1.29 is 8.78 Å². The summed E-state index contributed by atoms with van der Waals surface area (Å²) < 4.78 is 26.8. The topological polar surface area (TPSA) is 56.7 Å². The SMILES string of the molecule is Cc1c(Br)c2c(N)ncnc2n1C(F)F. The van der Waals surface area contributed by atoms with Crippen molar-refractivity contribution in [1.82, 2.24) is 14.5 Å². The lowest BCUT2D eigenvalue weighted by molar-refractivity contribution is 0.0725. The number of anilines is 1. The minimum atomic E-state index is -2.65. The minimum absolute atomic E-state index is 0.141. The summed E-state index contributed by atoms with van der Waals surface area (Å²) in [5.74, 6) is 0.189. The van der Waals surface area contributed by atoms with Crippen LogP contribution in [0.25, 0.3) is 11.0 Å². The third-order valence-corrected chi connectivity index (χ3v) is 3.15. The van der Waals surface area contributed by atoms with E-state index in [1.165, 1.54) is 6.33 Å². The third-order valence-electron chi connectivity index (χ3n) is 2.18. The molecule has 4 nitrogen and oxygen atoms in total. The molecule has 2 heterocycles. The van der Waals surface area contributed by atoms with Gasteiger partial charge in [0.25, 0.3) is 0 Å². The zero-order valence-electron chi connectivity index (χ0n) is 7.71. The molecule has 0 unspecified atom stereocenters. The molecule has 0 aromatic carbocycles. The minimum Gasteiger partial charge on any atom is -0.383 e. The van der Waals surface area contributed by atoms with Crippen LogP contribution in [0.5, 0.6) is 0 Å². The molecule has 7 heteroatoms. The first-order chi connectivity index (χ1) is 7.04. The van der Waals surface area contributed by atoms with E-state index >= 15 is 0 Å². The summed E-state index contributed by atoms with van der Waals surface area (Å²) in [4.78, 5) is 7.57. The Morgan fingerprint density at radius 1 is 1.47 bits per heavy atom. The van der Waals surface area contributed by atoms with Crippen LogP contribution in [0.2, 0.25) is 0 Å². The molecule has 0 radical (unpaired) electrons. The monoisotopic (exact) mass is 276 g/mol. The molecule has 0 spiro atoms. The van der Waals surface area contributed by atoms with Crippen LogP contribution < -0.4 is 5.73 Å². The van der Waals surface area contributed by atoms with E-state index in [1.807, 2.05) is 0 Å². The van der Waals surface area contributed by atoms with Gasteiger partial charge in [0, 0.05) is 5.69 Å². The maximum atomic E-state index is 12.7. The standard InChI is InChI=1S/C8H7BrF2N4/c1-3-5(9)4-6(12)13-2-14-7(4)15(3)8(10)11/h2,8H,1H3,(H2,12,13,14). The Bertz CT molecular complexity index is 523. The highest BCUT2D eigenvalue weighted by atomic mass is 79.9. The van der Waals surface area contributed by atoms with Crippen LogP contribution >= 0.6 is 15.9 Å². The number of alkyl halides is 2. The summed E-state index contributed by atoms with van der Waals surface area (Å²) >= 11 is 3.21. The second-order valence-electron chi connectivity index (χ2n) is 3.00. The van der Waals surface area contributed by atoms with Gasteiger partial charge in [0.05, 0.1) is 9.86 Å². The second-order valence-corrected chi connectivity index (χ2v) is 3.80. The van der Waals surface area contributed by atoms with Gasteiger partial charge < -0.3 is 5.73 Å². The van der Waals surface area contributed by atoms with Crippen LogP contribution in [0.15, 0.2) is 10.8 Å². The molecule has 0 bridgehead atoms. The molecule has 0 aliphatic carbocycles. The van der Waals surface area contributed by atoms with E-state index in [0.717, 1.165) is 4.57 Å². The summed E-state index contributed by atoms with van der Waals surface area (Å²) in [7, 11) is 0. The Kier molecular flexibility index (Phi) is 2.34. The van der Waals surface area contributed by atoms with E-state index in [-0.39, 0.29) is 11.5 Å². The molecule has 15 heavy (non-hydrogen) atoms. The fourth-order valence-electron chi connectivity index (χ4n) is 1.47. The molecule has 0 aliphatic rings. The molecule has 2 N–H and O–H groups in total. The predicted molar refractivity (Wildman–Crippen MR) is 55.6 cm³/mol. The van der Waals surface area contributed by atoms with Gasteiger partial charge in [-0.2, -0.15) is 8.78 Å². The maximum Gasteiger partial charge on any atom is 0.320 e. The second kappa shape index (κ2) is 3.41. The molecule has 80 valence electrons. The molecule has 0 aliphatic heterocycles. The third kappa shape index (κ3) is 1.38. The van der Waals surface area contributed by atoms with Gasteiger partial charge in [-0.15, -0.1) is 0 Å². The fourth-order valence-corrected chi connectivity index (χ4v) is 2.04. The Balaban J connectivity index is 2.94. The van der Waals surface area contributed by atoms with Crippen LogP contribution in [0.3, 0.4) is 0 Å². The summed E-state index contributed by atoms with van der Waals surface area (Å²) in [6.45, 7) is -1.08. The van der Waals surface area contributed by atoms with E-state index in [2.05, 4.69) is 25.9 Å². The zero-order valence-corrected chi connectivity index (χ0v) is 9.29. The molecule has 0 atom stereocenters. The number of fused-ring (bicyclic) bond motifs is 1. The first-order valence-electron chi connectivity index (χ1n) is 4.08. The highest BCUT2D eigenvalue weighted by Gasteiger charge is 2.20. The first-order valence-corrected chi connectivity index (χ1v) is 4.88. The average molecular weight is 277 g/mol. The van der Waals surface area contributed by atoms with Gasteiger partial charge in [-0.3, -0.25) is 4.57 Å². The molecule has 0 amide bonds. The predicted octanol–water partition coefficient (Wildman–Crippen LogP) is 2.48. The highest BCUT2D eigenvalue weighted by molar-refractivity contribution is 9.10. The molecule has 2 aromatic rings. The number of nitrogen functional groups attached to an aromatic ring is 1. The van der Waals surface area contributed by atoms with Gasteiger partial charge in [-0.05, 0) is 22.9 Å². The Morgan fingerprint density at radius 3 is 2.73 bits per heavy atom. The first kappa shape index (κ1) is 10.3. The van der Waals surface area contributed by atoms with Crippen molar-refractivity contribution in [3.63, 3.8) is 0 Å². The number of nitrogens with two attached hydrogens (primary N) is 1. The van der Waals surface area contributed by atoms with Crippen molar-refractivity contribution in [2.75, 3.05) is 5.73 Å². The maximum absolute atomic E-state index is 12.7. The van der Waals surface area contributed by atoms with Gasteiger partial charge in [0.2, 0.25) is 0 Å². The van der Waals surface area contributed by atoms with Crippen molar-refractivity contribution >= 4 is 32.8 Å². The van der Waals surface area contributed by atoms with Crippen molar-refractivity contribution in [1.29, 1.82) is 0 Å². The van der Waals surface area contributed by atoms with E-state index in [0.29, 0.717) is 15.6 Å². The number of hydrogen-bond donors (Lipinski definition) is 1. The number of hydrogen-bond acceptors (Lipinski definition) is 3. The van der Waals surface area contributed by atoms with Gasteiger partial charge in [-0.25, -0.2) is 9.97 Å². The van der Waals surface area contributed by atoms with E-state index in [4.69, 9.17) is 5.73 Å². The Morgan fingerprint density at radius 2 is 2.13 bits per heavy atom. The normalized spacial score (nSPS) is 11.5. The Labute approximate surface area is 92.2 Å². The molecule has 2 rings (SSSR count). The van der Waals surface area contributed by atoms with Crippen LogP contribution in [0.4, 0.5) is 14.6 Å². The van der Waals surface area contributed by atoms with Crippen LogP contribution in [-0.2, 0) is 0 Å². The van der Waals surface area contributed by atoms with Gasteiger partial charge in [0.15, 0.2) is 5.65 Å². The fraction of sp³-hybridized carbons (Fsp3) is 0.250. The quantitative estimate of drug-likeness (QED) is 0.871. The van der Waals surface area contributed by atoms with Crippen molar-refractivity contribution in [2.45, 2.75) is 13.5 Å². The molecular weight excluding hydrogens is 270 g/mol. The number of halogens is 3. The molecule has 0 saturated heterocycles. The van der Waals surface area contributed by atoms with E-state index < -0.39 is 6.55 Å². The summed E-state index contributed by atoms with van der Waals surface area (Å²) in [5, 5.41) is 0.426. The molecule has 0 saturated carbocycles. The highest BCUT2D eigenvalue weighted by Crippen LogP contribution is 2.34. The average Bonchev–Trinajstić information content (AvgIpc) is 2.41. The van der Waals surface area contributed by atoms with Crippen molar-refractivity contribution in [3.05, 3.63) is 16.5 Å². The van der Waals surface area contributed by atoms with Crippen molar-refractivity contribution in [3.8, 4) is 0 Å². The Hall–Kier alpha value is -1.24. The largest absolute Gasteiger partial charge is 0.383 e. The number of rotatable bonds is 1. The van der Waals surface area contributed by atoms with Gasteiger partial charge >= 0.3 is 6.55 Å². The van der Waals surface area contributed by atoms with Gasteiger partial charge in [-0.1, -0.05) is 0 Å². The van der Waals surface area contributed by atoms with Crippen molar-refractivity contribution in [2.24, 2.45) is 0 Å². The lowest BCUT2D eigenvalue weighted by Gasteiger charge is -2.04. The summed E-state index contributed by atoms with van der Waals surface area (Å²) in [5.41, 5.74) is 6.12. The number of nitrogens with zero attached hydrogens (tertiary/aromatic N) is 3. The lowest BCUT2D eigenvalue weighted by atomic mass is 10.3. The zero-order chi connectivity index (χ0) is 11.2. The van der Waals surface area contributed by atoms with Gasteiger partial charge in [0.1, 0.15) is 12.1 Å². The lowest BCUT2D eigenvalue weighted by Crippen LogP contribution is -2.01. The van der Waals surface area contributed by atoms with Crippen LogP contribution in [0.1, 0.15) is 12.2 Å². The smallest absolute Gasteiger partial charge is 0.320 e. The van der Waals surface area contributed by atoms with Crippen LogP contribution in [-0.4, -0.2) is 14.5 Å². The molecule has 0 fully saturated rings. The summed E-state index contributed by atoms with van der Waals surface area (Å²) in [6.07, 6.45) is 1.17. The summed E-state index contributed by atoms with van der Waals surface area (Å²) in [6, 6.07) is 0. The number of aromatic nitrogens is 3. The molecular formula is C8H7BrF2N4. The molecule has 2 aromatic heterocycles. The van der Waals surface area contributed by atoms with E-state index in [9.17, 15) is 8.78 Å². The van der Waals surface area contributed by atoms with E-state index in [1.54, 1.807) is 6.92 Å².